The zero-order chi connectivity index (χ0) is 27.1. The van der Waals surface area contributed by atoms with E-state index in [9.17, 15) is 13.2 Å². The quantitative estimate of drug-likeness (QED) is 0.289. The third-order valence-corrected chi connectivity index (χ3v) is 7.74. The van der Waals surface area contributed by atoms with Crippen LogP contribution in [0, 0.1) is 12.8 Å². The predicted octanol–water partition coefficient (Wildman–Crippen LogP) is 4.29. The Morgan fingerprint density at radius 3 is 2.71 bits per heavy atom. The number of halogens is 3. The van der Waals surface area contributed by atoms with Gasteiger partial charge in [-0.2, -0.15) is 18.2 Å². The van der Waals surface area contributed by atoms with Gasteiger partial charge < -0.3 is 30.5 Å². The average molecular weight is 553 g/mol. The number of nitrogens with one attached hydrogen (secondary N) is 3. The van der Waals surface area contributed by atoms with Crippen LogP contribution in [-0.4, -0.2) is 70.1 Å². The molecule has 1 aliphatic carbocycles. The van der Waals surface area contributed by atoms with Crippen molar-refractivity contribution in [3.63, 3.8) is 0 Å². The molecule has 3 atom stereocenters. The maximum Gasteiger partial charge on any atom is 0.405 e. The first-order valence-corrected chi connectivity index (χ1v) is 13.3. The lowest BCUT2D eigenvalue weighted by molar-refractivity contribution is -0.166. The fourth-order valence-corrected chi connectivity index (χ4v) is 6.30. The minimum Gasteiger partial charge on any atom is -0.395 e. The van der Waals surface area contributed by atoms with Crippen molar-refractivity contribution in [2.75, 3.05) is 36.9 Å². The van der Waals surface area contributed by atoms with Gasteiger partial charge in [0.1, 0.15) is 23.5 Å². The van der Waals surface area contributed by atoms with Gasteiger partial charge in [0.2, 0.25) is 5.95 Å². The molecule has 2 aliphatic rings. The van der Waals surface area contributed by atoms with E-state index in [1.165, 1.54) is 11.3 Å². The fraction of sp³-hybridized carbons (Fsp3) is 0.560. The second-order valence-corrected chi connectivity index (χ2v) is 11.1. The number of aromatic nitrogens is 3. The fourth-order valence-electron chi connectivity index (χ4n) is 5.24. The lowest BCUT2D eigenvalue weighted by Crippen LogP contribution is -2.47. The highest BCUT2D eigenvalue weighted by molar-refractivity contribution is 7.21. The lowest BCUT2D eigenvalue weighted by atomic mass is 10.0. The van der Waals surface area contributed by atoms with Crippen molar-refractivity contribution >= 4 is 33.3 Å². The van der Waals surface area contributed by atoms with Gasteiger partial charge in [-0.25, -0.2) is 9.97 Å². The summed E-state index contributed by atoms with van der Waals surface area (Å²) in [5, 5.41) is 18.8. The molecule has 1 saturated heterocycles. The number of hydrogen-bond donors (Lipinski definition) is 4. The van der Waals surface area contributed by atoms with Crippen LogP contribution < -0.4 is 16.0 Å². The van der Waals surface area contributed by atoms with Crippen LogP contribution >= 0.6 is 11.3 Å². The monoisotopic (exact) mass is 552 g/mol. The van der Waals surface area contributed by atoms with Crippen LogP contribution in [0.1, 0.15) is 32.4 Å². The normalized spacial score (nSPS) is 24.6. The molecule has 2 fully saturated rings. The number of anilines is 2. The Hall–Kier alpha value is -2.58. The van der Waals surface area contributed by atoms with Crippen LogP contribution in [0.4, 0.5) is 24.9 Å². The number of ether oxygens (including phenoxy) is 2. The van der Waals surface area contributed by atoms with E-state index in [0.717, 1.165) is 16.6 Å². The topological polar surface area (TPSA) is 113 Å². The molecule has 1 aromatic carbocycles. The maximum absolute atomic E-state index is 13.0. The van der Waals surface area contributed by atoms with Gasteiger partial charge in [-0.3, -0.25) is 0 Å². The summed E-state index contributed by atoms with van der Waals surface area (Å²) in [7, 11) is 0. The van der Waals surface area contributed by atoms with Gasteiger partial charge in [0.25, 0.3) is 0 Å². The summed E-state index contributed by atoms with van der Waals surface area (Å²) in [6.07, 6.45) is -3.40. The van der Waals surface area contributed by atoms with E-state index in [1.54, 1.807) is 6.92 Å². The lowest BCUT2D eigenvalue weighted by Gasteiger charge is -2.31. The number of alkyl halides is 3. The highest BCUT2D eigenvalue weighted by Gasteiger charge is 2.60. The van der Waals surface area contributed by atoms with Gasteiger partial charge >= 0.3 is 6.18 Å². The Labute approximate surface area is 222 Å². The van der Waals surface area contributed by atoms with Gasteiger partial charge in [0, 0.05) is 19.0 Å². The summed E-state index contributed by atoms with van der Waals surface area (Å²) < 4.78 is 52.6. The van der Waals surface area contributed by atoms with Crippen molar-refractivity contribution in [1.82, 2.24) is 20.3 Å². The number of para-hydroxylation sites is 1. The number of thiazole rings is 1. The van der Waals surface area contributed by atoms with E-state index >= 15 is 0 Å². The van der Waals surface area contributed by atoms with E-state index in [1.807, 2.05) is 38.1 Å². The molecule has 1 aliphatic heterocycles. The van der Waals surface area contributed by atoms with Crippen molar-refractivity contribution in [1.29, 1.82) is 0 Å². The summed E-state index contributed by atoms with van der Waals surface area (Å²) >= 11 is 1.46. The molecule has 13 heteroatoms. The van der Waals surface area contributed by atoms with Crippen LogP contribution in [-0.2, 0) is 9.47 Å². The number of benzene rings is 1. The minimum atomic E-state index is -4.42. The number of fused-ring (bicyclic) bond motifs is 2. The standard InChI is InChI=1S/C25H31F3N6O3S/c1-14-18(21-32-16-6-4-5-7-17(16)38-21)20(33-22(31-14)30-13-25(26,27)28)34-24-9-8-15(12-29-10-11-35)19(24)36-23(2,3)37-24/h4-7,15,19,29,35H,8-13H2,1-3H3,(H2,30,31,33,34)/t15-,19-,24-/m1/s1. The third-order valence-electron chi connectivity index (χ3n) is 6.68. The highest BCUT2D eigenvalue weighted by atomic mass is 32.1. The van der Waals surface area contributed by atoms with Gasteiger partial charge in [-0.05, 0) is 45.7 Å². The Bertz CT molecular complexity index is 1270. The number of aliphatic hydroxyl groups is 1. The Kier molecular flexibility index (Phi) is 7.24. The van der Waals surface area contributed by atoms with Crippen LogP contribution in [0.3, 0.4) is 0 Å². The van der Waals surface area contributed by atoms with E-state index in [2.05, 4.69) is 25.9 Å². The molecule has 38 heavy (non-hydrogen) atoms. The Balaban J connectivity index is 1.55. The molecule has 2 aromatic heterocycles. The molecule has 3 heterocycles. The second kappa shape index (κ2) is 10.2. The van der Waals surface area contributed by atoms with Crippen molar-refractivity contribution in [3.05, 3.63) is 30.0 Å². The van der Waals surface area contributed by atoms with Crippen LogP contribution in [0.5, 0.6) is 0 Å². The van der Waals surface area contributed by atoms with Crippen molar-refractivity contribution in [2.24, 2.45) is 5.92 Å². The molecule has 1 saturated carbocycles. The van der Waals surface area contributed by atoms with Crippen LogP contribution in [0.25, 0.3) is 20.8 Å². The van der Waals surface area contributed by atoms with E-state index in [-0.39, 0.29) is 24.6 Å². The molecule has 0 bridgehead atoms. The number of nitrogens with zero attached hydrogens (tertiary/aromatic N) is 3. The van der Waals surface area contributed by atoms with Crippen molar-refractivity contribution in [2.45, 2.75) is 57.4 Å². The summed E-state index contributed by atoms with van der Waals surface area (Å²) in [5.41, 5.74) is 0.942. The van der Waals surface area contributed by atoms with Gasteiger partial charge in [-0.15, -0.1) is 11.3 Å². The molecule has 0 amide bonds. The SMILES string of the molecule is Cc1nc(NCC(F)(F)F)nc(N[C@@]23CC[C@H](CNCCO)[C@H]2OC(C)(C)O3)c1-c1nc2ccccc2s1. The van der Waals surface area contributed by atoms with E-state index < -0.39 is 24.2 Å². The molecular formula is C25H31F3N6O3S. The Morgan fingerprint density at radius 2 is 1.97 bits per heavy atom. The maximum atomic E-state index is 13.0. The molecule has 3 aromatic rings. The Morgan fingerprint density at radius 1 is 1.18 bits per heavy atom. The number of rotatable bonds is 9. The van der Waals surface area contributed by atoms with E-state index in [4.69, 9.17) is 19.6 Å². The number of aryl methyl sites for hydroxylation is 1. The average Bonchev–Trinajstić information content (AvgIpc) is 3.46. The zero-order valence-electron chi connectivity index (χ0n) is 21.4. The second-order valence-electron chi connectivity index (χ2n) is 10.1. The molecule has 9 nitrogen and oxygen atoms in total. The summed E-state index contributed by atoms with van der Waals surface area (Å²) in [6.45, 7) is 5.27. The molecule has 0 spiro atoms. The summed E-state index contributed by atoms with van der Waals surface area (Å²) in [5.74, 6) is -0.607. The van der Waals surface area contributed by atoms with Gasteiger partial charge in [-0.1, -0.05) is 12.1 Å². The molecule has 0 unspecified atom stereocenters. The zero-order valence-corrected chi connectivity index (χ0v) is 22.2. The van der Waals surface area contributed by atoms with Crippen LogP contribution in [0.2, 0.25) is 0 Å². The molecule has 206 valence electrons. The molecule has 4 N–H and O–H groups in total. The molecular weight excluding hydrogens is 521 g/mol. The summed E-state index contributed by atoms with van der Waals surface area (Å²) in [4.78, 5) is 13.6. The molecule has 0 radical (unpaired) electrons. The smallest absolute Gasteiger partial charge is 0.395 e. The van der Waals surface area contributed by atoms with E-state index in [0.29, 0.717) is 41.6 Å². The third kappa shape index (κ3) is 5.57. The molecule has 5 rings (SSSR count). The predicted molar refractivity (Wildman–Crippen MR) is 139 cm³/mol. The first kappa shape index (κ1) is 27.0. The first-order valence-electron chi connectivity index (χ1n) is 12.5. The highest BCUT2D eigenvalue weighted by Crippen LogP contribution is 2.50. The van der Waals surface area contributed by atoms with Gasteiger partial charge in [0.05, 0.1) is 28.1 Å². The van der Waals surface area contributed by atoms with Crippen LogP contribution in [0.15, 0.2) is 24.3 Å². The number of hydrogen-bond acceptors (Lipinski definition) is 10. The first-order chi connectivity index (χ1) is 18.0. The van der Waals surface area contributed by atoms with Gasteiger partial charge in [0.15, 0.2) is 11.5 Å². The van der Waals surface area contributed by atoms with Crippen molar-refractivity contribution < 1.29 is 27.8 Å². The van der Waals surface area contributed by atoms with Crippen molar-refractivity contribution in [3.8, 4) is 10.6 Å². The number of aliphatic hydroxyl groups excluding tert-OH is 1. The summed E-state index contributed by atoms with van der Waals surface area (Å²) in [6, 6.07) is 7.70. The minimum absolute atomic E-state index is 0.0308. The largest absolute Gasteiger partial charge is 0.405 e.